The Morgan fingerprint density at radius 2 is 0.892 bits per heavy atom. The molecule has 0 unspecified atom stereocenters. The van der Waals surface area contributed by atoms with Gasteiger partial charge in [-0.2, -0.15) is 0 Å². The molecule has 6 aromatic rings. The van der Waals surface area contributed by atoms with Gasteiger partial charge in [-0.05, 0) is 59.1 Å². The Kier molecular flexibility index (Phi) is 18.9. The Labute approximate surface area is 394 Å². The summed E-state index contributed by atoms with van der Waals surface area (Å²) in [6.45, 7) is 2.08. The standard InChI is InChI=1S/C56H62N2O5S2/c1-2-26-49(39-24-4-3-5-25-40-52(59)60)63-54(62)51(42-65-56(46-33-18-9-19-34-46,47-35-20-10-21-36-47)48-37-22-11-23-38-48)58-53(61)50(57)41-64-55(43-27-12-6-13-28-43,44-29-14-7-15-30-44)45-31-16-8-17-32-45/h6-23,27-38,49-51H,2-5,24-26,39-42,57H2,1H3,(H,58,61)(H,59,60)/t49-,50+,51+/m1/s1. The van der Waals surface area contributed by atoms with E-state index in [1.807, 2.05) is 109 Å². The minimum absolute atomic E-state index is 0.178. The maximum Gasteiger partial charge on any atom is 0.329 e. The van der Waals surface area contributed by atoms with Crippen molar-refractivity contribution >= 4 is 41.4 Å². The van der Waals surface area contributed by atoms with Gasteiger partial charge >= 0.3 is 11.9 Å². The summed E-state index contributed by atoms with van der Waals surface area (Å²) in [6.07, 6.45) is 6.26. The number of aliphatic carboxylic acids is 1. The van der Waals surface area contributed by atoms with Crippen molar-refractivity contribution in [3.05, 3.63) is 215 Å². The maximum atomic E-state index is 14.7. The van der Waals surface area contributed by atoms with E-state index < -0.39 is 39.4 Å². The van der Waals surface area contributed by atoms with Crippen LogP contribution >= 0.6 is 23.5 Å². The SMILES string of the molecule is CCC[C@H](CCCCCCCC(=O)O)OC(=O)[C@H](CSC(c1ccccc1)(c1ccccc1)c1ccccc1)NC(=O)[C@@H](N)CSC(c1ccccc1)(c1ccccc1)c1ccccc1. The van der Waals surface area contributed by atoms with Crippen LogP contribution in [0.15, 0.2) is 182 Å². The van der Waals surface area contributed by atoms with Crippen LogP contribution in [0, 0.1) is 0 Å². The average molecular weight is 907 g/mol. The van der Waals surface area contributed by atoms with E-state index in [9.17, 15) is 14.4 Å². The van der Waals surface area contributed by atoms with Crippen molar-refractivity contribution in [2.75, 3.05) is 11.5 Å². The molecule has 3 atom stereocenters. The van der Waals surface area contributed by atoms with Crippen LogP contribution < -0.4 is 11.1 Å². The molecular formula is C56H62N2O5S2. The molecule has 65 heavy (non-hydrogen) atoms. The molecule has 0 saturated heterocycles. The number of nitrogens with one attached hydrogen (secondary N) is 1. The first-order chi connectivity index (χ1) is 31.8. The fraction of sp³-hybridized carbons (Fsp3) is 0.304. The van der Waals surface area contributed by atoms with Gasteiger partial charge in [-0.25, -0.2) is 4.79 Å². The Balaban J connectivity index is 1.30. The van der Waals surface area contributed by atoms with Crippen molar-refractivity contribution < 1.29 is 24.2 Å². The minimum atomic E-state index is -1.02. The lowest BCUT2D eigenvalue weighted by molar-refractivity contribution is -0.153. The second-order valence-corrected chi connectivity index (χ2v) is 18.9. The van der Waals surface area contributed by atoms with E-state index in [1.165, 1.54) is 0 Å². The smallest absolute Gasteiger partial charge is 0.329 e. The Morgan fingerprint density at radius 3 is 1.26 bits per heavy atom. The summed E-state index contributed by atoms with van der Waals surface area (Å²) in [5.74, 6) is -1.23. The van der Waals surface area contributed by atoms with Crippen LogP contribution in [0.3, 0.4) is 0 Å². The fourth-order valence-electron chi connectivity index (χ4n) is 8.49. The van der Waals surface area contributed by atoms with E-state index in [-0.39, 0.29) is 24.0 Å². The number of unbranched alkanes of at least 4 members (excludes halogenated alkanes) is 4. The predicted octanol–water partition coefficient (Wildman–Crippen LogP) is 11.8. The van der Waals surface area contributed by atoms with Crippen LogP contribution in [0.25, 0.3) is 0 Å². The highest BCUT2D eigenvalue weighted by Crippen LogP contribution is 2.50. The Hall–Kier alpha value is -5.61. The lowest BCUT2D eigenvalue weighted by Crippen LogP contribution is -2.52. The molecule has 338 valence electrons. The van der Waals surface area contributed by atoms with Crippen molar-refractivity contribution in [1.29, 1.82) is 0 Å². The summed E-state index contributed by atoms with van der Waals surface area (Å²) in [6, 6.07) is 59.8. The number of carboxylic acid groups (broad SMARTS) is 1. The molecule has 0 bridgehead atoms. The average Bonchev–Trinajstić information content (AvgIpc) is 3.35. The zero-order chi connectivity index (χ0) is 45.7. The van der Waals surface area contributed by atoms with E-state index in [0.717, 1.165) is 65.5 Å². The summed E-state index contributed by atoms with van der Waals surface area (Å²) in [5, 5.41) is 12.1. The summed E-state index contributed by atoms with van der Waals surface area (Å²) < 4.78 is 4.95. The van der Waals surface area contributed by atoms with Crippen LogP contribution in [-0.2, 0) is 28.6 Å². The van der Waals surface area contributed by atoms with E-state index in [0.29, 0.717) is 19.3 Å². The summed E-state index contributed by atoms with van der Waals surface area (Å²) in [7, 11) is 0. The van der Waals surface area contributed by atoms with Gasteiger partial charge < -0.3 is 20.9 Å². The van der Waals surface area contributed by atoms with Gasteiger partial charge in [0.25, 0.3) is 0 Å². The molecule has 0 radical (unpaired) electrons. The van der Waals surface area contributed by atoms with Crippen molar-refractivity contribution in [3.8, 4) is 0 Å². The third-order valence-corrected chi connectivity index (χ3v) is 15.1. The van der Waals surface area contributed by atoms with E-state index >= 15 is 0 Å². The van der Waals surface area contributed by atoms with Crippen LogP contribution in [0.4, 0.5) is 0 Å². The number of esters is 1. The zero-order valence-electron chi connectivity index (χ0n) is 37.3. The van der Waals surface area contributed by atoms with Crippen molar-refractivity contribution in [1.82, 2.24) is 5.32 Å². The summed E-state index contributed by atoms with van der Waals surface area (Å²) in [4.78, 5) is 40.2. The molecule has 6 aromatic carbocycles. The fourth-order valence-corrected chi connectivity index (χ4v) is 11.5. The maximum absolute atomic E-state index is 14.7. The third kappa shape index (κ3) is 13.0. The van der Waals surface area contributed by atoms with Crippen LogP contribution in [0.2, 0.25) is 0 Å². The third-order valence-electron chi connectivity index (χ3n) is 11.8. The molecule has 0 spiro atoms. The summed E-state index contributed by atoms with van der Waals surface area (Å²) in [5.41, 5.74) is 13.2. The van der Waals surface area contributed by atoms with Gasteiger partial charge in [-0.15, -0.1) is 23.5 Å². The first-order valence-electron chi connectivity index (χ1n) is 22.9. The number of hydrogen-bond acceptors (Lipinski definition) is 7. The summed E-state index contributed by atoms with van der Waals surface area (Å²) >= 11 is 3.20. The molecule has 0 aliphatic heterocycles. The number of benzene rings is 6. The number of thioether (sulfide) groups is 2. The monoisotopic (exact) mass is 906 g/mol. The molecule has 0 aromatic heterocycles. The van der Waals surface area contributed by atoms with Crippen LogP contribution in [0.5, 0.6) is 0 Å². The number of carbonyl (C=O) groups is 3. The van der Waals surface area contributed by atoms with Gasteiger partial charge in [0.2, 0.25) is 5.91 Å². The second kappa shape index (κ2) is 25.2. The first kappa shape index (κ1) is 48.8. The zero-order valence-corrected chi connectivity index (χ0v) is 38.9. The number of amides is 1. The van der Waals surface area contributed by atoms with Crippen LogP contribution in [0.1, 0.15) is 98.1 Å². The molecule has 0 fully saturated rings. The lowest BCUT2D eigenvalue weighted by Gasteiger charge is -2.37. The van der Waals surface area contributed by atoms with Crippen molar-refractivity contribution in [2.45, 2.75) is 92.4 Å². The van der Waals surface area contributed by atoms with Crippen molar-refractivity contribution in [3.63, 3.8) is 0 Å². The van der Waals surface area contributed by atoms with Gasteiger partial charge in [-0.3, -0.25) is 9.59 Å². The Bertz CT molecular complexity index is 2130. The number of carboxylic acids is 1. The normalized spacial score (nSPS) is 13.0. The largest absolute Gasteiger partial charge is 0.481 e. The van der Waals surface area contributed by atoms with E-state index in [2.05, 4.69) is 85.0 Å². The molecule has 4 N–H and O–H groups in total. The lowest BCUT2D eigenvalue weighted by atomic mass is 9.84. The first-order valence-corrected chi connectivity index (χ1v) is 24.8. The van der Waals surface area contributed by atoms with Gasteiger partial charge in [0.05, 0.1) is 15.5 Å². The molecule has 0 aliphatic rings. The molecule has 7 nitrogen and oxygen atoms in total. The molecule has 9 heteroatoms. The van der Waals surface area contributed by atoms with Crippen molar-refractivity contribution in [2.24, 2.45) is 5.73 Å². The number of nitrogens with two attached hydrogens (primary N) is 1. The van der Waals surface area contributed by atoms with E-state index in [4.69, 9.17) is 15.6 Å². The van der Waals surface area contributed by atoms with Gasteiger partial charge in [-0.1, -0.05) is 215 Å². The molecule has 0 saturated carbocycles. The highest BCUT2D eigenvalue weighted by Gasteiger charge is 2.41. The topological polar surface area (TPSA) is 119 Å². The van der Waals surface area contributed by atoms with E-state index in [1.54, 1.807) is 23.5 Å². The van der Waals surface area contributed by atoms with Gasteiger partial charge in [0, 0.05) is 17.9 Å². The number of carbonyl (C=O) groups excluding carboxylic acids is 2. The molecule has 0 aliphatic carbocycles. The molecule has 6 rings (SSSR count). The number of hydrogen-bond donors (Lipinski definition) is 3. The van der Waals surface area contributed by atoms with Crippen LogP contribution in [-0.4, -0.2) is 52.6 Å². The molecular weight excluding hydrogens is 845 g/mol. The quantitative estimate of drug-likeness (QED) is 0.0280. The van der Waals surface area contributed by atoms with Gasteiger partial charge in [0.1, 0.15) is 12.1 Å². The highest BCUT2D eigenvalue weighted by atomic mass is 32.2. The van der Waals surface area contributed by atoms with Gasteiger partial charge in [0.15, 0.2) is 0 Å². The predicted molar refractivity (Wildman–Crippen MR) is 268 cm³/mol. The second-order valence-electron chi connectivity index (χ2n) is 16.4. The minimum Gasteiger partial charge on any atom is -0.481 e. The Morgan fingerprint density at radius 1 is 0.538 bits per heavy atom. The molecule has 0 heterocycles. The highest BCUT2D eigenvalue weighted by molar-refractivity contribution is 8.01. The molecule has 1 amide bonds. The number of ether oxygens (including phenoxy) is 1. The number of rotatable bonds is 26.